The van der Waals surface area contributed by atoms with Gasteiger partial charge in [0, 0.05) is 18.5 Å². The van der Waals surface area contributed by atoms with E-state index in [1.54, 1.807) is 6.07 Å². The van der Waals surface area contributed by atoms with Crippen molar-refractivity contribution in [1.29, 1.82) is 0 Å². The Kier molecular flexibility index (Phi) is 3.05. The summed E-state index contributed by atoms with van der Waals surface area (Å²) < 4.78 is 22.2. The van der Waals surface area contributed by atoms with Gasteiger partial charge in [0.25, 0.3) is 0 Å². The third kappa shape index (κ3) is 2.95. The molecule has 1 aromatic rings. The van der Waals surface area contributed by atoms with E-state index >= 15 is 0 Å². The first-order chi connectivity index (χ1) is 6.39. The largest absolute Gasteiger partial charge is 0.368 e. The average molecular weight is 215 g/mol. The second kappa shape index (κ2) is 3.91. The molecule has 0 aliphatic carbocycles. The minimum absolute atomic E-state index is 0.150. The zero-order valence-electron chi connectivity index (χ0n) is 8.35. The first-order valence-corrected chi connectivity index (χ1v) is 6.08. The molecule has 0 saturated heterocycles. The van der Waals surface area contributed by atoms with E-state index in [2.05, 4.69) is 15.3 Å². The molecule has 0 spiro atoms. The van der Waals surface area contributed by atoms with Crippen LogP contribution in [0.2, 0.25) is 0 Å². The van der Waals surface area contributed by atoms with Gasteiger partial charge in [-0.05, 0) is 19.9 Å². The summed E-state index contributed by atoms with van der Waals surface area (Å²) in [6.07, 6.45) is 2.51. The lowest BCUT2D eigenvalue weighted by atomic mass is 10.4. The molecule has 6 heteroatoms. The van der Waals surface area contributed by atoms with Crippen LogP contribution in [0, 0.1) is 0 Å². The normalized spacial score (nSPS) is 11.7. The molecule has 0 bridgehead atoms. The fourth-order valence-corrected chi connectivity index (χ4v) is 1.41. The van der Waals surface area contributed by atoms with Crippen molar-refractivity contribution in [3.05, 3.63) is 12.3 Å². The zero-order chi connectivity index (χ0) is 10.8. The average Bonchev–Trinajstić information content (AvgIpc) is 2.01. The molecule has 14 heavy (non-hydrogen) atoms. The van der Waals surface area contributed by atoms with Gasteiger partial charge < -0.3 is 5.32 Å². The summed E-state index contributed by atoms with van der Waals surface area (Å²) in [6, 6.07) is 1.84. The van der Waals surface area contributed by atoms with Gasteiger partial charge in [0.05, 0.1) is 0 Å². The van der Waals surface area contributed by atoms with Crippen LogP contribution in [0.4, 0.5) is 5.82 Å². The Balaban J connectivity index is 3.02. The molecule has 1 heterocycles. The smallest absolute Gasteiger partial charge is 0.248 e. The minimum Gasteiger partial charge on any atom is -0.368 e. The molecule has 5 nitrogen and oxygen atoms in total. The predicted octanol–water partition coefficient (Wildman–Crippen LogP) is 0.700. The maximum absolute atomic E-state index is 11.1. The summed E-state index contributed by atoms with van der Waals surface area (Å²) in [7, 11) is -3.32. The van der Waals surface area contributed by atoms with Crippen LogP contribution in [-0.4, -0.2) is 30.7 Å². The lowest BCUT2D eigenvalue weighted by Gasteiger charge is -2.08. The number of hydrogen-bond acceptors (Lipinski definition) is 5. The van der Waals surface area contributed by atoms with Crippen LogP contribution in [0.1, 0.15) is 13.8 Å². The topological polar surface area (TPSA) is 72.0 Å². The second-order valence-corrected chi connectivity index (χ2v) is 5.21. The molecule has 1 rings (SSSR count). The van der Waals surface area contributed by atoms with E-state index in [0.29, 0.717) is 5.82 Å². The summed E-state index contributed by atoms with van der Waals surface area (Å²) in [4.78, 5) is 7.55. The lowest BCUT2D eigenvalue weighted by molar-refractivity contribution is 0.593. The first kappa shape index (κ1) is 10.9. The van der Waals surface area contributed by atoms with Crippen molar-refractivity contribution in [2.24, 2.45) is 0 Å². The second-order valence-electron chi connectivity index (χ2n) is 3.30. The molecule has 0 unspecified atom stereocenters. The molecule has 1 aromatic heterocycles. The van der Waals surface area contributed by atoms with Crippen LogP contribution in [-0.2, 0) is 9.84 Å². The van der Waals surface area contributed by atoms with Crippen LogP contribution < -0.4 is 5.32 Å². The molecule has 0 aliphatic rings. The van der Waals surface area contributed by atoms with Gasteiger partial charge in [-0.25, -0.2) is 18.4 Å². The Hall–Kier alpha value is -1.17. The first-order valence-electron chi connectivity index (χ1n) is 4.19. The summed E-state index contributed by atoms with van der Waals surface area (Å²) in [5.74, 6) is 0.524. The van der Waals surface area contributed by atoms with Crippen LogP contribution in [0.3, 0.4) is 0 Å². The number of nitrogens with zero attached hydrogens (tertiary/aromatic N) is 2. The van der Waals surface area contributed by atoms with Crippen LogP contribution in [0.25, 0.3) is 0 Å². The van der Waals surface area contributed by atoms with Crippen molar-refractivity contribution >= 4 is 15.7 Å². The van der Waals surface area contributed by atoms with E-state index < -0.39 is 9.84 Å². The van der Waals surface area contributed by atoms with Gasteiger partial charge in [-0.15, -0.1) is 0 Å². The standard InChI is InChI=1S/C8H13N3O2S/c1-6(2)10-7-4-5-9-8(11-7)14(3,12)13/h4-6H,1-3H3,(H,9,10,11). The third-order valence-electron chi connectivity index (χ3n) is 1.40. The Morgan fingerprint density at radius 1 is 1.43 bits per heavy atom. The maximum Gasteiger partial charge on any atom is 0.248 e. The summed E-state index contributed by atoms with van der Waals surface area (Å²) in [5, 5.41) is 2.85. The van der Waals surface area contributed by atoms with E-state index in [9.17, 15) is 8.42 Å². The summed E-state index contributed by atoms with van der Waals surface area (Å²) in [5.41, 5.74) is 0. The highest BCUT2D eigenvalue weighted by atomic mass is 32.2. The number of hydrogen-bond donors (Lipinski definition) is 1. The molecule has 0 aromatic carbocycles. The molecule has 78 valence electrons. The molecule has 0 radical (unpaired) electrons. The Labute approximate surface area is 83.5 Å². The van der Waals surface area contributed by atoms with Gasteiger partial charge in [-0.3, -0.25) is 0 Å². The summed E-state index contributed by atoms with van der Waals surface area (Å²) in [6.45, 7) is 3.89. The van der Waals surface area contributed by atoms with E-state index in [0.717, 1.165) is 6.26 Å². The highest BCUT2D eigenvalue weighted by Crippen LogP contribution is 2.07. The monoisotopic (exact) mass is 215 g/mol. The Morgan fingerprint density at radius 2 is 2.07 bits per heavy atom. The molecule has 0 amide bonds. The Morgan fingerprint density at radius 3 is 2.57 bits per heavy atom. The lowest BCUT2D eigenvalue weighted by Crippen LogP contribution is -2.13. The number of aromatic nitrogens is 2. The summed E-state index contributed by atoms with van der Waals surface area (Å²) >= 11 is 0. The van der Waals surface area contributed by atoms with Crippen molar-refractivity contribution in [2.75, 3.05) is 11.6 Å². The minimum atomic E-state index is -3.32. The fraction of sp³-hybridized carbons (Fsp3) is 0.500. The third-order valence-corrected chi connectivity index (χ3v) is 2.26. The van der Waals surface area contributed by atoms with Crippen molar-refractivity contribution < 1.29 is 8.42 Å². The van der Waals surface area contributed by atoms with Crippen molar-refractivity contribution in [3.8, 4) is 0 Å². The molecular weight excluding hydrogens is 202 g/mol. The van der Waals surface area contributed by atoms with Crippen LogP contribution in [0.15, 0.2) is 17.4 Å². The van der Waals surface area contributed by atoms with Gasteiger partial charge in [0.1, 0.15) is 5.82 Å². The highest BCUT2D eigenvalue weighted by Gasteiger charge is 2.11. The Bertz CT molecular complexity index is 414. The van der Waals surface area contributed by atoms with Crippen LogP contribution >= 0.6 is 0 Å². The maximum atomic E-state index is 11.1. The van der Waals surface area contributed by atoms with E-state index in [1.807, 2.05) is 13.8 Å². The van der Waals surface area contributed by atoms with Crippen molar-refractivity contribution in [1.82, 2.24) is 9.97 Å². The molecule has 1 N–H and O–H groups in total. The van der Waals surface area contributed by atoms with Crippen LogP contribution in [0.5, 0.6) is 0 Å². The van der Waals surface area contributed by atoms with Gasteiger partial charge in [-0.1, -0.05) is 0 Å². The van der Waals surface area contributed by atoms with E-state index in [4.69, 9.17) is 0 Å². The van der Waals surface area contributed by atoms with Crippen molar-refractivity contribution in [2.45, 2.75) is 25.0 Å². The van der Waals surface area contributed by atoms with E-state index in [-0.39, 0.29) is 11.2 Å². The number of sulfone groups is 1. The quantitative estimate of drug-likeness (QED) is 0.751. The van der Waals surface area contributed by atoms with Gasteiger partial charge >= 0.3 is 0 Å². The zero-order valence-corrected chi connectivity index (χ0v) is 9.17. The molecule has 0 aliphatic heterocycles. The van der Waals surface area contributed by atoms with Gasteiger partial charge in [0.2, 0.25) is 15.0 Å². The van der Waals surface area contributed by atoms with Gasteiger partial charge in [-0.2, -0.15) is 0 Å². The fourth-order valence-electron chi connectivity index (χ4n) is 0.896. The molecule has 0 saturated carbocycles. The molecule has 0 atom stereocenters. The predicted molar refractivity (Wildman–Crippen MR) is 53.9 cm³/mol. The molecular formula is C8H13N3O2S. The van der Waals surface area contributed by atoms with Crippen molar-refractivity contribution in [3.63, 3.8) is 0 Å². The van der Waals surface area contributed by atoms with Gasteiger partial charge in [0.15, 0.2) is 0 Å². The number of rotatable bonds is 3. The highest BCUT2D eigenvalue weighted by molar-refractivity contribution is 7.90. The van der Waals surface area contributed by atoms with E-state index in [1.165, 1.54) is 6.20 Å². The molecule has 0 fully saturated rings. The SMILES string of the molecule is CC(C)Nc1ccnc(S(C)(=O)=O)n1. The number of nitrogens with one attached hydrogen (secondary N) is 1. The number of anilines is 1.